The summed E-state index contributed by atoms with van der Waals surface area (Å²) in [6.45, 7) is 8.47. The molecule has 0 amide bonds. The average Bonchev–Trinajstić information content (AvgIpc) is 2.68. The van der Waals surface area contributed by atoms with Crippen LogP contribution in [-0.2, 0) is 21.3 Å². The van der Waals surface area contributed by atoms with Crippen molar-refractivity contribution >= 4 is 40.0 Å². The van der Waals surface area contributed by atoms with Gasteiger partial charge >= 0.3 is 0 Å². The number of rotatable bonds is 7. The molecule has 0 saturated carbocycles. The molecule has 7 nitrogen and oxygen atoms in total. The molecule has 0 aliphatic carbocycles. The van der Waals surface area contributed by atoms with Gasteiger partial charge in [0.2, 0.25) is 10.0 Å². The number of piperidine rings is 1. The molecule has 2 rings (SSSR count). The number of nitrogens with zero attached hydrogens (tertiary/aromatic N) is 2. The van der Waals surface area contributed by atoms with Crippen molar-refractivity contribution in [2.45, 2.75) is 50.7 Å². The fraction of sp³-hybridized carbons (Fsp3) is 0.650. The highest BCUT2D eigenvalue weighted by molar-refractivity contribution is 14.0. The lowest BCUT2D eigenvalue weighted by molar-refractivity contribution is 0.0268. The molecule has 1 fully saturated rings. The number of aliphatic imine (C=N–C) groups is 1. The highest BCUT2D eigenvalue weighted by Crippen LogP contribution is 2.23. The maximum absolute atomic E-state index is 12.8. The predicted octanol–water partition coefficient (Wildman–Crippen LogP) is 2.82. The first-order valence-electron chi connectivity index (χ1n) is 9.77. The van der Waals surface area contributed by atoms with Gasteiger partial charge in [-0.3, -0.25) is 4.99 Å². The zero-order chi connectivity index (χ0) is 20.8. The van der Waals surface area contributed by atoms with Crippen molar-refractivity contribution in [1.29, 1.82) is 0 Å². The SMILES string of the molecule is CN=C(NCc1ccc(S(=O)(=O)N2CCCC(C)C2)cc1)NCC(C)(C)OC.I. The van der Waals surface area contributed by atoms with Gasteiger partial charge in [-0.1, -0.05) is 19.1 Å². The van der Waals surface area contributed by atoms with Gasteiger partial charge in [0.1, 0.15) is 0 Å². The molecule has 166 valence electrons. The van der Waals surface area contributed by atoms with E-state index in [2.05, 4.69) is 22.5 Å². The van der Waals surface area contributed by atoms with Crippen LogP contribution in [0.1, 0.15) is 39.2 Å². The molecule has 1 unspecified atom stereocenters. The monoisotopic (exact) mass is 538 g/mol. The van der Waals surface area contributed by atoms with Crippen LogP contribution in [0.4, 0.5) is 0 Å². The van der Waals surface area contributed by atoms with Crippen molar-refractivity contribution in [3.05, 3.63) is 29.8 Å². The Morgan fingerprint density at radius 1 is 1.28 bits per heavy atom. The number of ether oxygens (including phenoxy) is 1. The maximum atomic E-state index is 12.8. The van der Waals surface area contributed by atoms with Crippen LogP contribution >= 0.6 is 24.0 Å². The zero-order valence-corrected chi connectivity index (χ0v) is 21.2. The van der Waals surface area contributed by atoms with Crippen LogP contribution < -0.4 is 10.6 Å². The summed E-state index contributed by atoms with van der Waals surface area (Å²) in [7, 11) is -0.0213. The third-order valence-electron chi connectivity index (χ3n) is 5.10. The van der Waals surface area contributed by atoms with Gasteiger partial charge in [0.05, 0.1) is 10.5 Å². The summed E-state index contributed by atoms with van der Waals surface area (Å²) >= 11 is 0. The number of hydrogen-bond donors (Lipinski definition) is 2. The van der Waals surface area contributed by atoms with Crippen LogP contribution in [0.25, 0.3) is 0 Å². The Morgan fingerprint density at radius 3 is 2.48 bits per heavy atom. The Hall–Kier alpha value is -0.910. The third-order valence-corrected chi connectivity index (χ3v) is 6.98. The standard InChI is InChI=1S/C20H34N4O3S.HI/c1-16-7-6-12-24(14-16)28(25,26)18-10-8-17(9-11-18)13-22-19(21-4)23-15-20(2,3)27-5;/h8-11,16H,6-7,12-15H2,1-5H3,(H2,21,22,23);1H. The molecule has 0 bridgehead atoms. The van der Waals surface area contributed by atoms with Gasteiger partial charge in [0, 0.05) is 40.3 Å². The first-order valence-corrected chi connectivity index (χ1v) is 11.2. The molecule has 1 saturated heterocycles. The molecule has 0 spiro atoms. The fourth-order valence-electron chi connectivity index (χ4n) is 3.07. The quantitative estimate of drug-likeness (QED) is 0.317. The van der Waals surface area contributed by atoms with E-state index in [1.165, 1.54) is 0 Å². The van der Waals surface area contributed by atoms with E-state index in [1.807, 2.05) is 26.0 Å². The Labute approximate surface area is 192 Å². The minimum absolute atomic E-state index is 0. The minimum atomic E-state index is -3.41. The Balaban J connectivity index is 0.00000420. The number of nitrogens with one attached hydrogen (secondary N) is 2. The van der Waals surface area contributed by atoms with Crippen LogP contribution in [0.3, 0.4) is 0 Å². The van der Waals surface area contributed by atoms with Crippen LogP contribution in [-0.4, -0.2) is 58.1 Å². The molecule has 29 heavy (non-hydrogen) atoms. The number of methoxy groups -OCH3 is 1. The Bertz CT molecular complexity index is 766. The summed E-state index contributed by atoms with van der Waals surface area (Å²) in [5.74, 6) is 1.08. The lowest BCUT2D eigenvalue weighted by Gasteiger charge is -2.30. The van der Waals surface area contributed by atoms with E-state index in [4.69, 9.17) is 4.74 Å². The molecular weight excluding hydrogens is 503 g/mol. The smallest absolute Gasteiger partial charge is 0.243 e. The molecular formula is C20H35IN4O3S. The second kappa shape index (κ2) is 11.5. The van der Waals surface area contributed by atoms with Crippen LogP contribution in [0.2, 0.25) is 0 Å². The van der Waals surface area contributed by atoms with Gasteiger partial charge in [0.25, 0.3) is 0 Å². The van der Waals surface area contributed by atoms with Gasteiger partial charge < -0.3 is 15.4 Å². The van der Waals surface area contributed by atoms with Gasteiger partial charge in [-0.05, 0) is 50.3 Å². The van der Waals surface area contributed by atoms with E-state index < -0.39 is 10.0 Å². The van der Waals surface area contributed by atoms with E-state index in [-0.39, 0.29) is 29.6 Å². The highest BCUT2D eigenvalue weighted by atomic mass is 127. The summed E-state index contributed by atoms with van der Waals surface area (Å²) in [5, 5.41) is 6.46. The Kier molecular flexibility index (Phi) is 10.3. The molecule has 9 heteroatoms. The zero-order valence-electron chi connectivity index (χ0n) is 18.1. The van der Waals surface area contributed by atoms with E-state index in [0.717, 1.165) is 18.4 Å². The number of guanidine groups is 1. The molecule has 1 aromatic carbocycles. The minimum Gasteiger partial charge on any atom is -0.377 e. The second-order valence-electron chi connectivity index (χ2n) is 8.00. The van der Waals surface area contributed by atoms with Gasteiger partial charge in [-0.25, -0.2) is 8.42 Å². The predicted molar refractivity (Wildman–Crippen MR) is 128 cm³/mol. The molecule has 1 aliphatic heterocycles. The summed E-state index contributed by atoms with van der Waals surface area (Å²) in [5.41, 5.74) is 0.694. The van der Waals surface area contributed by atoms with E-state index in [9.17, 15) is 8.42 Å². The molecule has 0 aromatic heterocycles. The molecule has 1 aromatic rings. The van der Waals surface area contributed by atoms with Crippen molar-refractivity contribution in [3.8, 4) is 0 Å². The third kappa shape index (κ3) is 7.69. The lowest BCUT2D eigenvalue weighted by atomic mass is 10.0. The largest absolute Gasteiger partial charge is 0.377 e. The second-order valence-corrected chi connectivity index (χ2v) is 9.94. The maximum Gasteiger partial charge on any atom is 0.243 e. The first-order chi connectivity index (χ1) is 13.2. The molecule has 1 atom stereocenters. The van der Waals surface area contributed by atoms with E-state index >= 15 is 0 Å². The topological polar surface area (TPSA) is 83.0 Å². The normalized spacial score (nSPS) is 18.8. The van der Waals surface area contributed by atoms with Crippen molar-refractivity contribution in [1.82, 2.24) is 14.9 Å². The van der Waals surface area contributed by atoms with Crippen LogP contribution in [0.15, 0.2) is 34.2 Å². The number of benzene rings is 1. The van der Waals surface area contributed by atoms with Crippen molar-refractivity contribution in [3.63, 3.8) is 0 Å². The van der Waals surface area contributed by atoms with Crippen LogP contribution in [0, 0.1) is 5.92 Å². The van der Waals surface area contributed by atoms with E-state index in [1.54, 1.807) is 30.6 Å². The summed E-state index contributed by atoms with van der Waals surface area (Å²) in [6, 6.07) is 7.07. The van der Waals surface area contributed by atoms with Crippen molar-refractivity contribution in [2.75, 3.05) is 33.8 Å². The lowest BCUT2D eigenvalue weighted by Crippen LogP contribution is -2.45. The van der Waals surface area contributed by atoms with E-state index in [0.29, 0.717) is 43.0 Å². The number of sulfonamides is 1. The molecule has 1 aliphatic rings. The number of halogens is 1. The fourth-order valence-corrected chi connectivity index (χ4v) is 4.67. The van der Waals surface area contributed by atoms with Gasteiger partial charge in [-0.2, -0.15) is 4.31 Å². The summed E-state index contributed by atoms with van der Waals surface area (Å²) < 4.78 is 32.7. The van der Waals surface area contributed by atoms with Gasteiger partial charge in [-0.15, -0.1) is 24.0 Å². The summed E-state index contributed by atoms with van der Waals surface area (Å²) in [4.78, 5) is 4.56. The van der Waals surface area contributed by atoms with Gasteiger partial charge in [0.15, 0.2) is 5.96 Å². The molecule has 2 N–H and O–H groups in total. The molecule has 1 heterocycles. The van der Waals surface area contributed by atoms with Crippen LogP contribution in [0.5, 0.6) is 0 Å². The summed E-state index contributed by atoms with van der Waals surface area (Å²) in [6.07, 6.45) is 2.02. The van der Waals surface area contributed by atoms with Crippen molar-refractivity contribution in [2.24, 2.45) is 10.9 Å². The first kappa shape index (κ1) is 26.1. The average molecular weight is 538 g/mol. The highest BCUT2D eigenvalue weighted by Gasteiger charge is 2.28. The number of hydrogen-bond acceptors (Lipinski definition) is 4. The molecule has 0 radical (unpaired) electrons. The Morgan fingerprint density at radius 2 is 1.93 bits per heavy atom. The van der Waals surface area contributed by atoms with Crippen molar-refractivity contribution < 1.29 is 13.2 Å².